The number of hydrogen-bond donors (Lipinski definition) is 2. The van der Waals surface area contributed by atoms with Gasteiger partial charge in [-0.15, -0.1) is 0 Å². The van der Waals surface area contributed by atoms with Gasteiger partial charge in [0.2, 0.25) is 0 Å². The minimum absolute atomic E-state index is 0.423. The van der Waals surface area contributed by atoms with Crippen LogP contribution in [0.1, 0.15) is 12.0 Å². The van der Waals surface area contributed by atoms with Crippen LogP contribution in [0.2, 0.25) is 0 Å². The van der Waals surface area contributed by atoms with Gasteiger partial charge in [-0.2, -0.15) is 0 Å². The molecule has 1 aliphatic heterocycles. The zero-order valence-corrected chi connectivity index (χ0v) is 10.1. The number of ether oxygens (including phenoxy) is 2. The highest BCUT2D eigenvalue weighted by Crippen LogP contribution is 2.19. The van der Waals surface area contributed by atoms with Gasteiger partial charge < -0.3 is 19.9 Å². The summed E-state index contributed by atoms with van der Waals surface area (Å²) in [6.45, 7) is 2.30. The summed E-state index contributed by atoms with van der Waals surface area (Å²) in [4.78, 5) is 0. The van der Waals surface area contributed by atoms with E-state index in [9.17, 15) is 5.11 Å². The van der Waals surface area contributed by atoms with Crippen LogP contribution in [-0.2, 0) is 11.3 Å². The predicted molar refractivity (Wildman–Crippen MR) is 65.1 cm³/mol. The molecule has 0 amide bonds. The molecule has 4 heteroatoms. The lowest BCUT2D eigenvalue weighted by molar-refractivity contribution is 0.0268. The maximum absolute atomic E-state index is 10.1. The normalized spacial score (nSPS) is 23.9. The topological polar surface area (TPSA) is 50.7 Å². The average Bonchev–Trinajstić information content (AvgIpc) is 2.77. The van der Waals surface area contributed by atoms with Crippen LogP contribution in [0.5, 0.6) is 5.75 Å². The molecule has 0 saturated carbocycles. The Labute approximate surface area is 102 Å². The number of aliphatic hydroxyl groups is 1. The summed E-state index contributed by atoms with van der Waals surface area (Å²) in [5.74, 6) is 0.870. The molecule has 1 aliphatic rings. The van der Waals surface area contributed by atoms with E-state index in [0.29, 0.717) is 32.7 Å². The van der Waals surface area contributed by atoms with E-state index in [-0.39, 0.29) is 0 Å². The highest BCUT2D eigenvalue weighted by atomic mass is 16.5. The lowest BCUT2D eigenvalue weighted by Crippen LogP contribution is -2.40. The first-order chi connectivity index (χ1) is 8.23. The molecule has 17 heavy (non-hydrogen) atoms. The predicted octanol–water partition coefficient (Wildman–Crippen LogP) is 0.936. The van der Waals surface area contributed by atoms with Crippen LogP contribution in [0, 0.1) is 0 Å². The zero-order valence-electron chi connectivity index (χ0n) is 10.1. The van der Waals surface area contributed by atoms with Crippen molar-refractivity contribution in [1.82, 2.24) is 5.32 Å². The molecule has 1 aromatic carbocycles. The minimum atomic E-state index is -0.706. The summed E-state index contributed by atoms with van der Waals surface area (Å²) in [6.07, 6.45) is 0.700. The molecule has 1 unspecified atom stereocenters. The molecule has 1 fully saturated rings. The molecule has 0 bridgehead atoms. The number of benzene rings is 1. The number of rotatable bonds is 5. The van der Waals surface area contributed by atoms with Gasteiger partial charge in [0.05, 0.1) is 13.7 Å². The van der Waals surface area contributed by atoms with Crippen molar-refractivity contribution in [1.29, 1.82) is 0 Å². The van der Waals surface area contributed by atoms with Crippen LogP contribution in [0.4, 0.5) is 0 Å². The van der Waals surface area contributed by atoms with Crippen LogP contribution in [0.3, 0.4) is 0 Å². The van der Waals surface area contributed by atoms with Gasteiger partial charge in [-0.05, 0) is 6.07 Å². The van der Waals surface area contributed by atoms with E-state index in [2.05, 4.69) is 5.32 Å². The summed E-state index contributed by atoms with van der Waals surface area (Å²) in [5.41, 5.74) is 0.389. The van der Waals surface area contributed by atoms with Crippen LogP contribution in [-0.4, -0.2) is 37.6 Å². The molecule has 1 aromatic rings. The van der Waals surface area contributed by atoms with Crippen molar-refractivity contribution in [2.75, 3.05) is 26.9 Å². The summed E-state index contributed by atoms with van der Waals surface area (Å²) in [5, 5.41) is 13.3. The molecular formula is C13H19NO3. The number of para-hydroxylation sites is 1. The Morgan fingerprint density at radius 2 is 2.29 bits per heavy atom. The Morgan fingerprint density at radius 1 is 1.47 bits per heavy atom. The van der Waals surface area contributed by atoms with Crippen molar-refractivity contribution in [2.45, 2.75) is 18.6 Å². The third kappa shape index (κ3) is 3.19. The Balaban J connectivity index is 1.85. The van der Waals surface area contributed by atoms with Crippen molar-refractivity contribution >= 4 is 0 Å². The van der Waals surface area contributed by atoms with Gasteiger partial charge >= 0.3 is 0 Å². The Kier molecular flexibility index (Phi) is 3.99. The second-order valence-electron chi connectivity index (χ2n) is 4.44. The highest BCUT2D eigenvalue weighted by Gasteiger charge is 2.31. The van der Waals surface area contributed by atoms with Crippen LogP contribution >= 0.6 is 0 Å². The molecule has 4 nitrogen and oxygen atoms in total. The third-order valence-electron chi connectivity index (χ3n) is 3.04. The lowest BCUT2D eigenvalue weighted by atomic mass is 10.0. The van der Waals surface area contributed by atoms with Gasteiger partial charge in [0.15, 0.2) is 0 Å². The van der Waals surface area contributed by atoms with Crippen LogP contribution in [0.25, 0.3) is 0 Å². The van der Waals surface area contributed by atoms with Crippen LogP contribution in [0.15, 0.2) is 24.3 Å². The van der Waals surface area contributed by atoms with Crippen LogP contribution < -0.4 is 10.1 Å². The summed E-state index contributed by atoms with van der Waals surface area (Å²) in [6, 6.07) is 7.87. The van der Waals surface area contributed by atoms with Gasteiger partial charge in [0.25, 0.3) is 0 Å². The first-order valence-electron chi connectivity index (χ1n) is 5.86. The zero-order chi connectivity index (χ0) is 12.1. The fraction of sp³-hybridized carbons (Fsp3) is 0.538. The SMILES string of the molecule is COc1ccccc1CNCC1(O)CCOC1. The largest absolute Gasteiger partial charge is 0.496 e. The van der Waals surface area contributed by atoms with Crippen molar-refractivity contribution < 1.29 is 14.6 Å². The van der Waals surface area contributed by atoms with E-state index in [1.54, 1.807) is 7.11 Å². The lowest BCUT2D eigenvalue weighted by Gasteiger charge is -2.21. The van der Waals surface area contributed by atoms with Crippen molar-refractivity contribution in [3.8, 4) is 5.75 Å². The van der Waals surface area contributed by atoms with Gasteiger partial charge in [-0.1, -0.05) is 18.2 Å². The van der Waals surface area contributed by atoms with Crippen molar-refractivity contribution in [3.05, 3.63) is 29.8 Å². The van der Waals surface area contributed by atoms with E-state index in [4.69, 9.17) is 9.47 Å². The van der Waals surface area contributed by atoms with E-state index in [1.807, 2.05) is 24.3 Å². The Hall–Kier alpha value is -1.10. The van der Waals surface area contributed by atoms with Gasteiger partial charge in [-0.25, -0.2) is 0 Å². The molecule has 0 aliphatic carbocycles. The number of methoxy groups -OCH3 is 1. The second-order valence-corrected chi connectivity index (χ2v) is 4.44. The number of nitrogens with one attached hydrogen (secondary N) is 1. The number of hydrogen-bond acceptors (Lipinski definition) is 4. The molecule has 0 aromatic heterocycles. The molecule has 1 saturated heterocycles. The smallest absolute Gasteiger partial charge is 0.123 e. The van der Waals surface area contributed by atoms with Gasteiger partial charge in [0, 0.05) is 31.7 Å². The molecule has 0 spiro atoms. The van der Waals surface area contributed by atoms with E-state index < -0.39 is 5.60 Å². The minimum Gasteiger partial charge on any atom is -0.496 e. The molecule has 94 valence electrons. The standard InChI is InChI=1S/C13H19NO3/c1-16-12-5-3-2-4-11(12)8-14-9-13(15)6-7-17-10-13/h2-5,14-15H,6-10H2,1H3. The molecule has 1 atom stereocenters. The monoisotopic (exact) mass is 237 g/mol. The van der Waals surface area contributed by atoms with Gasteiger partial charge in [0.1, 0.15) is 11.4 Å². The van der Waals surface area contributed by atoms with Crippen molar-refractivity contribution in [3.63, 3.8) is 0 Å². The maximum atomic E-state index is 10.1. The fourth-order valence-corrected chi connectivity index (χ4v) is 2.01. The van der Waals surface area contributed by atoms with Gasteiger partial charge in [-0.3, -0.25) is 0 Å². The highest BCUT2D eigenvalue weighted by molar-refractivity contribution is 5.32. The maximum Gasteiger partial charge on any atom is 0.123 e. The summed E-state index contributed by atoms with van der Waals surface area (Å²) >= 11 is 0. The van der Waals surface area contributed by atoms with Crippen molar-refractivity contribution in [2.24, 2.45) is 0 Å². The third-order valence-corrected chi connectivity index (χ3v) is 3.04. The molecule has 2 rings (SSSR count). The Bertz CT molecular complexity index is 361. The molecule has 1 heterocycles. The first kappa shape index (κ1) is 12.4. The molecular weight excluding hydrogens is 218 g/mol. The summed E-state index contributed by atoms with van der Waals surface area (Å²) < 4.78 is 10.5. The fourth-order valence-electron chi connectivity index (χ4n) is 2.01. The average molecular weight is 237 g/mol. The molecule has 0 radical (unpaired) electrons. The van der Waals surface area contributed by atoms with E-state index in [0.717, 1.165) is 11.3 Å². The molecule has 2 N–H and O–H groups in total. The van der Waals surface area contributed by atoms with E-state index >= 15 is 0 Å². The second kappa shape index (κ2) is 5.49. The first-order valence-corrected chi connectivity index (χ1v) is 5.86. The summed E-state index contributed by atoms with van der Waals surface area (Å²) in [7, 11) is 1.66. The Morgan fingerprint density at radius 3 is 3.00 bits per heavy atom. The quantitative estimate of drug-likeness (QED) is 0.800. The van der Waals surface area contributed by atoms with E-state index in [1.165, 1.54) is 0 Å².